The molecule has 68 valence electrons. The second-order valence-electron chi connectivity index (χ2n) is 2.44. The summed E-state index contributed by atoms with van der Waals surface area (Å²) in [6, 6.07) is 3.84. The third kappa shape index (κ3) is 2.71. The molecule has 1 rings (SSSR count). The van der Waals surface area contributed by atoms with E-state index in [1.807, 2.05) is 0 Å². The topological polar surface area (TPSA) is 26.3 Å². The van der Waals surface area contributed by atoms with Crippen LogP contribution in [0.3, 0.4) is 0 Å². The summed E-state index contributed by atoms with van der Waals surface area (Å²) in [5.41, 5.74) is 0.263. The molecule has 1 aromatic carbocycles. The maximum Gasteiger partial charge on any atom is 0.150 e. The standard InChI is InChI=1S/C10H9FO2/c1-2-3-13-10-5-8(7-12)4-9(11)6-10/h2,4-7H,1,3H2. The second kappa shape index (κ2) is 4.40. The Hall–Kier alpha value is -1.64. The van der Waals surface area contributed by atoms with Crippen LogP contribution in [-0.4, -0.2) is 12.9 Å². The monoisotopic (exact) mass is 180 g/mol. The van der Waals surface area contributed by atoms with Crippen molar-refractivity contribution in [2.75, 3.05) is 6.61 Å². The summed E-state index contributed by atoms with van der Waals surface area (Å²) in [5.74, 6) is -0.148. The highest BCUT2D eigenvalue weighted by Gasteiger charge is 1.99. The fourth-order valence-electron chi connectivity index (χ4n) is 0.891. The molecule has 2 nitrogen and oxygen atoms in total. The van der Waals surface area contributed by atoms with Gasteiger partial charge in [-0.15, -0.1) is 0 Å². The molecule has 0 aromatic heterocycles. The van der Waals surface area contributed by atoms with Gasteiger partial charge in [-0.05, 0) is 12.1 Å². The second-order valence-corrected chi connectivity index (χ2v) is 2.44. The molecule has 0 fully saturated rings. The number of hydrogen-bond donors (Lipinski definition) is 0. The number of ether oxygens (including phenoxy) is 1. The highest BCUT2D eigenvalue weighted by atomic mass is 19.1. The highest BCUT2D eigenvalue weighted by molar-refractivity contribution is 5.75. The summed E-state index contributed by atoms with van der Waals surface area (Å²) in [4.78, 5) is 10.3. The molecule has 0 aliphatic carbocycles. The van der Waals surface area contributed by atoms with Crippen LogP contribution >= 0.6 is 0 Å². The first-order valence-electron chi connectivity index (χ1n) is 3.75. The van der Waals surface area contributed by atoms with Crippen molar-refractivity contribution in [1.82, 2.24) is 0 Å². The smallest absolute Gasteiger partial charge is 0.150 e. The van der Waals surface area contributed by atoms with Crippen molar-refractivity contribution >= 4 is 6.29 Å². The number of halogens is 1. The first-order valence-corrected chi connectivity index (χ1v) is 3.75. The van der Waals surface area contributed by atoms with Crippen LogP contribution in [0.25, 0.3) is 0 Å². The number of aldehydes is 1. The minimum absolute atomic E-state index is 0.263. The van der Waals surface area contributed by atoms with Crippen LogP contribution < -0.4 is 4.74 Å². The lowest BCUT2D eigenvalue weighted by molar-refractivity contribution is 0.112. The molecule has 1 aromatic rings. The van der Waals surface area contributed by atoms with Crippen molar-refractivity contribution in [2.24, 2.45) is 0 Å². The zero-order valence-corrected chi connectivity index (χ0v) is 7.00. The van der Waals surface area contributed by atoms with Crippen LogP contribution in [0.15, 0.2) is 30.9 Å². The van der Waals surface area contributed by atoms with Gasteiger partial charge in [-0.2, -0.15) is 0 Å². The Kier molecular flexibility index (Phi) is 3.20. The van der Waals surface area contributed by atoms with Gasteiger partial charge in [0.15, 0.2) is 0 Å². The van der Waals surface area contributed by atoms with Gasteiger partial charge in [-0.25, -0.2) is 4.39 Å². The molecule has 0 saturated carbocycles. The Morgan fingerprint density at radius 2 is 2.23 bits per heavy atom. The van der Waals surface area contributed by atoms with Crippen molar-refractivity contribution in [3.05, 3.63) is 42.2 Å². The lowest BCUT2D eigenvalue weighted by Crippen LogP contribution is -1.94. The van der Waals surface area contributed by atoms with Crippen LogP contribution in [0.4, 0.5) is 4.39 Å². The van der Waals surface area contributed by atoms with Crippen molar-refractivity contribution in [3.8, 4) is 5.75 Å². The lowest BCUT2D eigenvalue weighted by atomic mass is 10.2. The van der Waals surface area contributed by atoms with E-state index < -0.39 is 5.82 Å². The molecule has 0 aliphatic heterocycles. The van der Waals surface area contributed by atoms with E-state index in [1.54, 1.807) is 6.08 Å². The van der Waals surface area contributed by atoms with Gasteiger partial charge >= 0.3 is 0 Å². The molecule has 0 unspecified atom stereocenters. The third-order valence-electron chi connectivity index (χ3n) is 1.40. The number of carbonyl (C=O) groups is 1. The fraction of sp³-hybridized carbons (Fsp3) is 0.100. The van der Waals surface area contributed by atoms with E-state index in [9.17, 15) is 9.18 Å². The summed E-state index contributed by atoms with van der Waals surface area (Å²) < 4.78 is 17.8. The van der Waals surface area contributed by atoms with Gasteiger partial charge in [0.1, 0.15) is 24.5 Å². The van der Waals surface area contributed by atoms with Gasteiger partial charge in [-0.3, -0.25) is 4.79 Å². The molecule has 0 atom stereocenters. The van der Waals surface area contributed by atoms with Crippen molar-refractivity contribution in [1.29, 1.82) is 0 Å². The molecule has 3 heteroatoms. The summed E-state index contributed by atoms with van der Waals surface area (Å²) in [7, 11) is 0. The Bertz CT molecular complexity index is 321. The van der Waals surface area contributed by atoms with E-state index in [1.165, 1.54) is 12.1 Å². The van der Waals surface area contributed by atoms with Gasteiger partial charge < -0.3 is 4.74 Å². The molecule has 0 saturated heterocycles. The van der Waals surface area contributed by atoms with Crippen LogP contribution in [0, 0.1) is 5.82 Å². The summed E-state index contributed by atoms with van der Waals surface area (Å²) in [5, 5.41) is 0. The minimum Gasteiger partial charge on any atom is -0.489 e. The lowest BCUT2D eigenvalue weighted by Gasteiger charge is -2.03. The number of hydrogen-bond acceptors (Lipinski definition) is 2. The SMILES string of the molecule is C=CCOc1cc(F)cc(C=O)c1. The Labute approximate surface area is 75.6 Å². The first-order chi connectivity index (χ1) is 6.26. The van der Waals surface area contributed by atoms with Gasteiger partial charge in [0.2, 0.25) is 0 Å². The van der Waals surface area contributed by atoms with E-state index in [0.717, 1.165) is 6.07 Å². The molecule has 13 heavy (non-hydrogen) atoms. The average molecular weight is 180 g/mol. The highest BCUT2D eigenvalue weighted by Crippen LogP contribution is 2.15. The Morgan fingerprint density at radius 3 is 2.85 bits per heavy atom. The quantitative estimate of drug-likeness (QED) is 0.524. The van der Waals surface area contributed by atoms with Crippen molar-refractivity contribution < 1.29 is 13.9 Å². The van der Waals surface area contributed by atoms with Crippen LogP contribution in [0.2, 0.25) is 0 Å². The predicted molar refractivity (Wildman–Crippen MR) is 47.5 cm³/mol. The van der Waals surface area contributed by atoms with Gasteiger partial charge in [-0.1, -0.05) is 12.7 Å². The van der Waals surface area contributed by atoms with Gasteiger partial charge in [0.25, 0.3) is 0 Å². The summed E-state index contributed by atoms with van der Waals surface area (Å²) >= 11 is 0. The zero-order chi connectivity index (χ0) is 9.68. The number of benzene rings is 1. The van der Waals surface area contributed by atoms with E-state index >= 15 is 0 Å². The van der Waals surface area contributed by atoms with Gasteiger partial charge in [0, 0.05) is 11.6 Å². The van der Waals surface area contributed by atoms with Crippen LogP contribution in [-0.2, 0) is 0 Å². The van der Waals surface area contributed by atoms with E-state index in [4.69, 9.17) is 4.74 Å². The van der Waals surface area contributed by atoms with Crippen molar-refractivity contribution in [2.45, 2.75) is 0 Å². The Morgan fingerprint density at radius 1 is 1.46 bits per heavy atom. The van der Waals surface area contributed by atoms with Gasteiger partial charge in [0.05, 0.1) is 0 Å². The van der Waals surface area contributed by atoms with E-state index in [-0.39, 0.29) is 5.56 Å². The van der Waals surface area contributed by atoms with E-state index in [2.05, 4.69) is 6.58 Å². The molecule has 0 radical (unpaired) electrons. The van der Waals surface area contributed by atoms with E-state index in [0.29, 0.717) is 18.6 Å². The summed E-state index contributed by atoms with van der Waals surface area (Å²) in [6.07, 6.45) is 2.12. The molecular weight excluding hydrogens is 171 g/mol. The maximum absolute atomic E-state index is 12.8. The molecule has 0 heterocycles. The average Bonchev–Trinajstić information content (AvgIpc) is 2.14. The first kappa shape index (κ1) is 9.45. The predicted octanol–water partition coefficient (Wildman–Crippen LogP) is 2.20. The van der Waals surface area contributed by atoms with Crippen LogP contribution in [0.1, 0.15) is 10.4 Å². The number of rotatable bonds is 4. The fourth-order valence-corrected chi connectivity index (χ4v) is 0.891. The molecule has 0 aliphatic rings. The normalized spacial score (nSPS) is 9.31. The summed E-state index contributed by atoms with van der Waals surface area (Å²) in [6.45, 7) is 3.75. The Balaban J connectivity index is 2.87. The number of carbonyl (C=O) groups excluding carboxylic acids is 1. The molecule has 0 amide bonds. The minimum atomic E-state index is -0.483. The molecule has 0 N–H and O–H groups in total. The molecule has 0 spiro atoms. The zero-order valence-electron chi connectivity index (χ0n) is 7.00. The van der Waals surface area contributed by atoms with Crippen LogP contribution in [0.5, 0.6) is 5.75 Å². The molecule has 0 bridgehead atoms. The van der Waals surface area contributed by atoms with Crippen molar-refractivity contribution in [3.63, 3.8) is 0 Å². The third-order valence-corrected chi connectivity index (χ3v) is 1.40. The largest absolute Gasteiger partial charge is 0.489 e. The maximum atomic E-state index is 12.8. The molecular formula is C10H9FO2.